The van der Waals surface area contributed by atoms with Gasteiger partial charge in [0, 0.05) is 13.2 Å². The van der Waals surface area contributed by atoms with Gasteiger partial charge in [0.05, 0.1) is 24.0 Å². The van der Waals surface area contributed by atoms with E-state index in [-0.39, 0.29) is 11.6 Å². The van der Waals surface area contributed by atoms with Crippen molar-refractivity contribution in [1.82, 2.24) is 10.5 Å². The number of aromatic nitrogens is 1. The maximum absolute atomic E-state index is 12.1. The number of ether oxygens (including phenoxy) is 1. The number of nitrogens with zero attached hydrogens (tertiary/aromatic N) is 1. The Morgan fingerprint density at radius 2 is 2.32 bits per heavy atom. The van der Waals surface area contributed by atoms with Gasteiger partial charge >= 0.3 is 6.03 Å². The molecular formula is C15H19N3O4. The molecule has 22 heavy (non-hydrogen) atoms. The third-order valence-electron chi connectivity index (χ3n) is 3.99. The van der Waals surface area contributed by atoms with Crippen LogP contribution in [0.25, 0.3) is 11.3 Å². The zero-order valence-electron chi connectivity index (χ0n) is 12.6. The first-order valence-corrected chi connectivity index (χ1v) is 7.21. The second-order valence-electron chi connectivity index (χ2n) is 5.61. The SMILES string of the molecule is COCC1(NC(=O)Nc2cc(-c3ccoc3C)on2)CCC1. The van der Waals surface area contributed by atoms with Crippen molar-refractivity contribution in [2.45, 2.75) is 31.7 Å². The summed E-state index contributed by atoms with van der Waals surface area (Å²) in [5, 5.41) is 9.50. The molecule has 1 saturated carbocycles. The number of carbonyl (C=O) groups is 1. The van der Waals surface area contributed by atoms with Crippen LogP contribution < -0.4 is 10.6 Å². The van der Waals surface area contributed by atoms with Gasteiger partial charge in [-0.1, -0.05) is 5.16 Å². The Hall–Kier alpha value is -2.28. The molecule has 2 N–H and O–H groups in total. The lowest BCUT2D eigenvalue weighted by Crippen LogP contribution is -2.57. The minimum absolute atomic E-state index is 0.257. The number of furan rings is 1. The molecule has 2 aromatic rings. The number of urea groups is 1. The van der Waals surface area contributed by atoms with Crippen molar-refractivity contribution in [1.29, 1.82) is 0 Å². The van der Waals surface area contributed by atoms with Crippen LogP contribution in [0.5, 0.6) is 0 Å². The summed E-state index contributed by atoms with van der Waals surface area (Å²) in [4.78, 5) is 12.1. The van der Waals surface area contributed by atoms with Gasteiger partial charge in [0.25, 0.3) is 0 Å². The maximum Gasteiger partial charge on any atom is 0.321 e. The van der Waals surface area contributed by atoms with Gasteiger partial charge in [-0.3, -0.25) is 5.32 Å². The summed E-state index contributed by atoms with van der Waals surface area (Å²) < 4.78 is 15.6. The molecule has 2 aromatic heterocycles. The first-order valence-electron chi connectivity index (χ1n) is 7.21. The second kappa shape index (κ2) is 5.84. The van der Waals surface area contributed by atoms with Gasteiger partial charge in [-0.05, 0) is 32.3 Å². The van der Waals surface area contributed by atoms with Crippen LogP contribution in [0, 0.1) is 6.92 Å². The molecule has 2 heterocycles. The van der Waals surface area contributed by atoms with Gasteiger partial charge in [0.15, 0.2) is 11.6 Å². The van der Waals surface area contributed by atoms with E-state index in [4.69, 9.17) is 13.7 Å². The van der Waals surface area contributed by atoms with E-state index in [0.717, 1.165) is 30.6 Å². The molecule has 118 valence electrons. The Labute approximate surface area is 128 Å². The average Bonchev–Trinajstić information content (AvgIpc) is 3.05. The third kappa shape index (κ3) is 2.85. The van der Waals surface area contributed by atoms with Crippen molar-refractivity contribution in [3.05, 3.63) is 24.2 Å². The Bertz CT molecular complexity index is 657. The normalized spacial score (nSPS) is 16.1. The number of nitrogens with one attached hydrogen (secondary N) is 2. The minimum Gasteiger partial charge on any atom is -0.469 e. The smallest absolute Gasteiger partial charge is 0.321 e. The fraction of sp³-hybridized carbons (Fsp3) is 0.467. The molecule has 0 bridgehead atoms. The van der Waals surface area contributed by atoms with Crippen LogP contribution in [0.3, 0.4) is 0 Å². The highest BCUT2D eigenvalue weighted by atomic mass is 16.5. The molecule has 1 aliphatic carbocycles. The quantitative estimate of drug-likeness (QED) is 0.886. The predicted molar refractivity (Wildman–Crippen MR) is 79.6 cm³/mol. The van der Waals surface area contributed by atoms with Gasteiger partial charge < -0.3 is 19.0 Å². The second-order valence-corrected chi connectivity index (χ2v) is 5.61. The molecule has 7 nitrogen and oxygen atoms in total. The van der Waals surface area contributed by atoms with E-state index >= 15 is 0 Å². The molecular weight excluding hydrogens is 286 g/mol. The van der Waals surface area contributed by atoms with Crippen molar-refractivity contribution >= 4 is 11.8 Å². The topological polar surface area (TPSA) is 89.5 Å². The minimum atomic E-state index is -0.305. The number of hydrogen-bond acceptors (Lipinski definition) is 5. The van der Waals surface area contributed by atoms with Crippen LogP contribution in [-0.2, 0) is 4.74 Å². The summed E-state index contributed by atoms with van der Waals surface area (Å²) in [6.07, 6.45) is 4.52. The predicted octanol–water partition coefficient (Wildman–Crippen LogP) is 2.93. The summed E-state index contributed by atoms with van der Waals surface area (Å²) >= 11 is 0. The molecule has 2 amide bonds. The van der Waals surface area contributed by atoms with Gasteiger partial charge in [-0.15, -0.1) is 0 Å². The van der Waals surface area contributed by atoms with Gasteiger partial charge in [0.1, 0.15) is 5.76 Å². The zero-order chi connectivity index (χ0) is 15.6. The van der Waals surface area contributed by atoms with Crippen LogP contribution in [0.2, 0.25) is 0 Å². The fourth-order valence-electron chi connectivity index (χ4n) is 2.68. The lowest BCUT2D eigenvalue weighted by atomic mass is 9.77. The van der Waals surface area contributed by atoms with E-state index in [9.17, 15) is 4.79 Å². The summed E-state index contributed by atoms with van der Waals surface area (Å²) in [6, 6.07) is 3.16. The Balaban J connectivity index is 1.63. The number of anilines is 1. The first-order chi connectivity index (χ1) is 10.6. The third-order valence-corrected chi connectivity index (χ3v) is 3.99. The van der Waals surface area contributed by atoms with E-state index in [1.807, 2.05) is 6.92 Å². The molecule has 0 unspecified atom stereocenters. The molecule has 1 fully saturated rings. The number of carbonyl (C=O) groups excluding carboxylic acids is 1. The number of methoxy groups -OCH3 is 1. The van der Waals surface area contributed by atoms with Crippen LogP contribution in [0.15, 0.2) is 27.3 Å². The van der Waals surface area contributed by atoms with Crippen molar-refractivity contribution in [2.24, 2.45) is 0 Å². The van der Waals surface area contributed by atoms with Gasteiger partial charge in [0.2, 0.25) is 0 Å². The molecule has 0 aromatic carbocycles. The van der Waals surface area contributed by atoms with Crippen molar-refractivity contribution < 1.29 is 18.5 Å². The maximum atomic E-state index is 12.1. The van der Waals surface area contributed by atoms with Crippen LogP contribution >= 0.6 is 0 Å². The largest absolute Gasteiger partial charge is 0.469 e. The number of rotatable bonds is 5. The number of hydrogen-bond donors (Lipinski definition) is 2. The Morgan fingerprint density at radius 3 is 2.91 bits per heavy atom. The van der Waals surface area contributed by atoms with Gasteiger partial charge in [-0.2, -0.15) is 0 Å². The summed E-state index contributed by atoms with van der Waals surface area (Å²) in [5.74, 6) is 1.65. The molecule has 0 spiro atoms. The first kappa shape index (κ1) is 14.6. The van der Waals surface area contributed by atoms with Crippen LogP contribution in [0.1, 0.15) is 25.0 Å². The Kier molecular flexibility index (Phi) is 3.89. The van der Waals surface area contributed by atoms with Crippen molar-refractivity contribution in [3.8, 4) is 11.3 Å². The molecule has 0 saturated heterocycles. The zero-order valence-corrected chi connectivity index (χ0v) is 12.6. The average molecular weight is 305 g/mol. The highest BCUT2D eigenvalue weighted by Gasteiger charge is 2.38. The highest BCUT2D eigenvalue weighted by Crippen LogP contribution is 2.32. The lowest BCUT2D eigenvalue weighted by molar-refractivity contribution is 0.0648. The van der Waals surface area contributed by atoms with Gasteiger partial charge in [-0.25, -0.2) is 4.79 Å². The van der Waals surface area contributed by atoms with Crippen molar-refractivity contribution in [2.75, 3.05) is 19.0 Å². The van der Waals surface area contributed by atoms with E-state index in [0.29, 0.717) is 18.2 Å². The lowest BCUT2D eigenvalue weighted by Gasteiger charge is -2.41. The summed E-state index contributed by atoms with van der Waals surface area (Å²) in [6.45, 7) is 2.35. The highest BCUT2D eigenvalue weighted by molar-refractivity contribution is 5.89. The van der Waals surface area contributed by atoms with Crippen LogP contribution in [0.4, 0.5) is 10.6 Å². The number of amides is 2. The van der Waals surface area contributed by atoms with Crippen molar-refractivity contribution in [3.63, 3.8) is 0 Å². The molecule has 1 aliphatic rings. The van der Waals surface area contributed by atoms with E-state index in [1.165, 1.54) is 0 Å². The Morgan fingerprint density at radius 1 is 1.50 bits per heavy atom. The van der Waals surface area contributed by atoms with E-state index in [1.54, 1.807) is 25.5 Å². The van der Waals surface area contributed by atoms with E-state index < -0.39 is 0 Å². The fourth-order valence-corrected chi connectivity index (χ4v) is 2.68. The standard InChI is InChI=1S/C15H19N3O4/c1-10-11(4-7-21-10)12-8-13(18-22-12)16-14(19)17-15(9-20-2)5-3-6-15/h4,7-8H,3,5-6,9H2,1-2H3,(H2,16,17,18,19). The summed E-state index contributed by atoms with van der Waals surface area (Å²) in [7, 11) is 1.64. The molecule has 0 atom stereocenters. The van der Waals surface area contributed by atoms with Crippen LogP contribution in [-0.4, -0.2) is 30.4 Å². The molecule has 0 radical (unpaired) electrons. The molecule has 3 rings (SSSR count). The monoisotopic (exact) mass is 305 g/mol. The number of aryl methyl sites for hydroxylation is 1. The van der Waals surface area contributed by atoms with E-state index in [2.05, 4.69) is 15.8 Å². The summed E-state index contributed by atoms with van der Waals surface area (Å²) in [5.41, 5.74) is 0.558. The molecule has 0 aliphatic heterocycles. The molecule has 7 heteroatoms.